The van der Waals surface area contributed by atoms with Crippen molar-refractivity contribution in [1.82, 2.24) is 15.3 Å². The number of aliphatic imine (C=N–C) groups is 1. The summed E-state index contributed by atoms with van der Waals surface area (Å²) >= 11 is 0. The van der Waals surface area contributed by atoms with Crippen LogP contribution in [0.3, 0.4) is 0 Å². The average molecular weight is 767 g/mol. The Balaban J connectivity index is 4.54. The summed E-state index contributed by atoms with van der Waals surface area (Å²) in [5, 5.41) is 0. The van der Waals surface area contributed by atoms with Crippen LogP contribution >= 0.6 is 0 Å². The van der Waals surface area contributed by atoms with Gasteiger partial charge in [0.1, 0.15) is 6.10 Å². The molecule has 9 heteroatoms. The number of esters is 2. The SMILES string of the molecule is CCCCCCCCC(CCCCCCCC)OC(=O)CCCCCCCN(CCCCCCCC(=O)OCCCCC)CCCN=C(NOC)N(C)C. The molecule has 0 spiro atoms. The van der Waals surface area contributed by atoms with E-state index in [4.69, 9.17) is 14.3 Å². The van der Waals surface area contributed by atoms with E-state index in [1.165, 1.54) is 109 Å². The first-order chi connectivity index (χ1) is 26.4. The smallest absolute Gasteiger partial charge is 0.306 e. The van der Waals surface area contributed by atoms with Crippen LogP contribution < -0.4 is 5.48 Å². The minimum atomic E-state index is -0.0377. The molecular formula is C45H90N4O5. The van der Waals surface area contributed by atoms with Gasteiger partial charge in [0.05, 0.1) is 13.7 Å². The Hall–Kier alpha value is -1.87. The molecule has 0 aromatic carbocycles. The second kappa shape index (κ2) is 40.8. The third-order valence-electron chi connectivity index (χ3n) is 10.3. The van der Waals surface area contributed by atoms with Crippen LogP contribution in [0.15, 0.2) is 4.99 Å². The number of carbonyl (C=O) groups is 2. The lowest BCUT2D eigenvalue weighted by Crippen LogP contribution is -2.36. The van der Waals surface area contributed by atoms with Crippen LogP contribution in [0, 0.1) is 0 Å². The van der Waals surface area contributed by atoms with Gasteiger partial charge in [-0.15, -0.1) is 0 Å². The molecule has 0 aromatic heterocycles. The number of hydrogen-bond donors (Lipinski definition) is 1. The van der Waals surface area contributed by atoms with E-state index in [1.54, 1.807) is 7.11 Å². The summed E-state index contributed by atoms with van der Waals surface area (Å²) in [5.41, 5.74) is 2.86. The lowest BCUT2D eigenvalue weighted by atomic mass is 10.0. The normalized spacial score (nSPS) is 11.8. The van der Waals surface area contributed by atoms with Crippen molar-refractivity contribution in [3.63, 3.8) is 0 Å². The van der Waals surface area contributed by atoms with Crippen molar-refractivity contribution in [2.75, 3.05) is 54.0 Å². The zero-order valence-electron chi connectivity index (χ0n) is 36.7. The molecular weight excluding hydrogens is 677 g/mol. The molecule has 1 N–H and O–H groups in total. The lowest BCUT2D eigenvalue weighted by Gasteiger charge is -2.22. The predicted molar refractivity (Wildman–Crippen MR) is 229 cm³/mol. The topological polar surface area (TPSA) is 92.7 Å². The first-order valence-electron chi connectivity index (χ1n) is 23.0. The minimum Gasteiger partial charge on any atom is -0.466 e. The summed E-state index contributed by atoms with van der Waals surface area (Å²) in [5.74, 6) is 0.722. The van der Waals surface area contributed by atoms with Gasteiger partial charge in [0, 0.05) is 33.5 Å². The molecule has 0 aromatic rings. The summed E-state index contributed by atoms with van der Waals surface area (Å²) in [4.78, 5) is 39.0. The van der Waals surface area contributed by atoms with Crippen LogP contribution in [0.4, 0.5) is 0 Å². The number of carbonyl (C=O) groups excluding carboxylic acids is 2. The van der Waals surface area contributed by atoms with E-state index in [2.05, 4.69) is 36.1 Å². The molecule has 54 heavy (non-hydrogen) atoms. The molecule has 320 valence electrons. The highest BCUT2D eigenvalue weighted by Crippen LogP contribution is 2.18. The van der Waals surface area contributed by atoms with Gasteiger partial charge in [-0.1, -0.05) is 136 Å². The van der Waals surface area contributed by atoms with Crippen molar-refractivity contribution in [2.45, 2.75) is 219 Å². The molecule has 0 atom stereocenters. The molecule has 0 saturated carbocycles. The van der Waals surface area contributed by atoms with Crippen LogP contribution in [0.5, 0.6) is 0 Å². The van der Waals surface area contributed by atoms with E-state index < -0.39 is 0 Å². The fraction of sp³-hybridized carbons (Fsp3) is 0.933. The van der Waals surface area contributed by atoms with E-state index >= 15 is 0 Å². The highest BCUT2D eigenvalue weighted by Gasteiger charge is 2.14. The quantitative estimate of drug-likeness (QED) is 0.0217. The standard InChI is InChI=1S/C45H90N4O5/c1-7-10-13-15-19-25-33-42(34-26-20-16-14-11-8-2)54-44(51)36-28-22-18-24-30-39-49(40-32-37-46-45(47-52-6)48(4)5)38-29-23-17-21-27-35-43(50)53-41-31-12-9-3/h42H,7-41H2,1-6H3,(H,46,47). The third-order valence-corrected chi connectivity index (χ3v) is 10.3. The van der Waals surface area contributed by atoms with Gasteiger partial charge >= 0.3 is 11.9 Å². The number of rotatable bonds is 40. The van der Waals surface area contributed by atoms with Gasteiger partial charge in [-0.25, -0.2) is 5.48 Å². The van der Waals surface area contributed by atoms with Gasteiger partial charge in [-0.2, -0.15) is 0 Å². The molecule has 0 aliphatic heterocycles. The Labute approximate surface area is 334 Å². The molecule has 0 amide bonds. The van der Waals surface area contributed by atoms with Gasteiger partial charge in [-0.05, 0) is 83.8 Å². The number of ether oxygens (including phenoxy) is 2. The van der Waals surface area contributed by atoms with E-state index in [0.29, 0.717) is 19.4 Å². The largest absolute Gasteiger partial charge is 0.466 e. The van der Waals surface area contributed by atoms with E-state index in [0.717, 1.165) is 103 Å². The minimum absolute atomic E-state index is 0.0197. The number of guanidine groups is 1. The number of hydrogen-bond acceptors (Lipinski definition) is 7. The number of nitrogens with zero attached hydrogens (tertiary/aromatic N) is 3. The van der Waals surface area contributed by atoms with Gasteiger partial charge in [0.25, 0.3) is 0 Å². The van der Waals surface area contributed by atoms with Crippen LogP contribution in [0.25, 0.3) is 0 Å². The first-order valence-corrected chi connectivity index (χ1v) is 23.0. The highest BCUT2D eigenvalue weighted by atomic mass is 16.6. The number of nitrogens with one attached hydrogen (secondary N) is 1. The summed E-state index contributed by atoms with van der Waals surface area (Å²) < 4.78 is 11.4. The predicted octanol–water partition coefficient (Wildman–Crippen LogP) is 11.6. The van der Waals surface area contributed by atoms with E-state index in [1.807, 2.05) is 19.0 Å². The molecule has 0 heterocycles. The van der Waals surface area contributed by atoms with Gasteiger partial charge in [-0.3, -0.25) is 19.4 Å². The van der Waals surface area contributed by atoms with Crippen LogP contribution in [0.1, 0.15) is 213 Å². The van der Waals surface area contributed by atoms with Crippen molar-refractivity contribution in [3.8, 4) is 0 Å². The Bertz CT molecular complexity index is 840. The number of unbranched alkanes of at least 4 members (excludes halogenated alkanes) is 20. The summed E-state index contributed by atoms with van der Waals surface area (Å²) in [6, 6.07) is 0. The van der Waals surface area contributed by atoms with Crippen LogP contribution in [-0.2, 0) is 23.9 Å². The average Bonchev–Trinajstić information content (AvgIpc) is 3.15. The van der Waals surface area contributed by atoms with Gasteiger partial charge < -0.3 is 19.3 Å². The van der Waals surface area contributed by atoms with Crippen molar-refractivity contribution >= 4 is 17.9 Å². The summed E-state index contributed by atoms with van der Waals surface area (Å²) in [6.45, 7) is 11.2. The van der Waals surface area contributed by atoms with Crippen LogP contribution in [-0.4, -0.2) is 87.8 Å². The molecule has 0 bridgehead atoms. The molecule has 0 fully saturated rings. The van der Waals surface area contributed by atoms with Crippen molar-refractivity contribution in [3.05, 3.63) is 0 Å². The van der Waals surface area contributed by atoms with Crippen molar-refractivity contribution in [1.29, 1.82) is 0 Å². The maximum absolute atomic E-state index is 12.8. The monoisotopic (exact) mass is 767 g/mol. The zero-order chi connectivity index (χ0) is 39.7. The Morgan fingerprint density at radius 2 is 1.00 bits per heavy atom. The Morgan fingerprint density at radius 1 is 0.556 bits per heavy atom. The summed E-state index contributed by atoms with van der Waals surface area (Å²) in [7, 11) is 5.53. The van der Waals surface area contributed by atoms with Crippen molar-refractivity contribution in [2.24, 2.45) is 4.99 Å². The molecule has 0 unspecified atom stereocenters. The molecule has 0 saturated heterocycles. The maximum atomic E-state index is 12.8. The van der Waals surface area contributed by atoms with Gasteiger partial charge in [0.2, 0.25) is 5.96 Å². The van der Waals surface area contributed by atoms with Crippen LogP contribution in [0.2, 0.25) is 0 Å². The second-order valence-electron chi connectivity index (χ2n) is 15.8. The second-order valence-corrected chi connectivity index (χ2v) is 15.8. The highest BCUT2D eigenvalue weighted by molar-refractivity contribution is 5.78. The fourth-order valence-corrected chi connectivity index (χ4v) is 6.86. The molecule has 9 nitrogen and oxygen atoms in total. The maximum Gasteiger partial charge on any atom is 0.306 e. The van der Waals surface area contributed by atoms with Crippen molar-refractivity contribution < 1.29 is 23.9 Å². The molecule has 0 rings (SSSR count). The number of hydroxylamine groups is 1. The lowest BCUT2D eigenvalue weighted by molar-refractivity contribution is -0.150. The van der Waals surface area contributed by atoms with Gasteiger partial charge in [0.15, 0.2) is 0 Å². The van der Waals surface area contributed by atoms with E-state index in [-0.39, 0.29) is 18.0 Å². The Morgan fingerprint density at radius 3 is 1.52 bits per heavy atom. The Kier molecular flexibility index (Phi) is 39.4. The summed E-state index contributed by atoms with van der Waals surface area (Å²) in [6.07, 6.45) is 34.0. The molecule has 0 aliphatic carbocycles. The molecule has 0 aliphatic rings. The van der Waals surface area contributed by atoms with E-state index in [9.17, 15) is 9.59 Å². The first kappa shape index (κ1) is 52.1. The third kappa shape index (κ3) is 35.8. The fourth-order valence-electron chi connectivity index (χ4n) is 6.86. The molecule has 0 radical (unpaired) electrons. The zero-order valence-corrected chi connectivity index (χ0v) is 36.7.